The highest BCUT2D eigenvalue weighted by molar-refractivity contribution is 6.05. The van der Waals surface area contributed by atoms with Crippen molar-refractivity contribution in [2.75, 3.05) is 13.2 Å². The van der Waals surface area contributed by atoms with Crippen LogP contribution in [0, 0.1) is 34.5 Å². The van der Waals surface area contributed by atoms with Crippen molar-refractivity contribution < 1.29 is 23.9 Å². The number of esters is 1. The number of nitrogens with zero attached hydrogens (tertiary/aromatic N) is 1. The summed E-state index contributed by atoms with van der Waals surface area (Å²) in [7, 11) is 0. The summed E-state index contributed by atoms with van der Waals surface area (Å²) < 4.78 is 5.25. The number of carbonyl (C=O) groups excluding carboxylic acids is 4. The summed E-state index contributed by atoms with van der Waals surface area (Å²) in [5.74, 6) is 0.0232. The smallest absolute Gasteiger partial charge is 0.313 e. The van der Waals surface area contributed by atoms with E-state index in [2.05, 4.69) is 71.3 Å². The first kappa shape index (κ1) is 35.6. The van der Waals surface area contributed by atoms with Crippen LogP contribution in [0.2, 0.25) is 0 Å². The second-order valence-electron chi connectivity index (χ2n) is 16.1. The highest BCUT2D eigenvalue weighted by Gasteiger charge is 2.55. The Kier molecular flexibility index (Phi) is 11.7. The number of carbonyl (C=O) groups is 4. The van der Waals surface area contributed by atoms with Crippen molar-refractivity contribution in [3.8, 4) is 0 Å². The van der Waals surface area contributed by atoms with Crippen LogP contribution in [0.3, 0.4) is 0 Å². The van der Waals surface area contributed by atoms with Gasteiger partial charge in [-0.25, -0.2) is 0 Å². The molecule has 1 heterocycles. The molecule has 46 heavy (non-hydrogen) atoms. The van der Waals surface area contributed by atoms with Crippen LogP contribution in [0.5, 0.6) is 0 Å². The molecule has 2 N–H and O–H groups in total. The lowest BCUT2D eigenvalue weighted by atomic mass is 9.72. The molecule has 1 aromatic rings. The molecule has 0 aromatic heterocycles. The Morgan fingerprint density at radius 3 is 2.17 bits per heavy atom. The molecule has 252 valence electrons. The third-order valence-corrected chi connectivity index (χ3v) is 9.65. The molecule has 2 aliphatic carbocycles. The van der Waals surface area contributed by atoms with Crippen molar-refractivity contribution in [3.63, 3.8) is 0 Å². The maximum absolute atomic E-state index is 13.3. The van der Waals surface area contributed by atoms with Gasteiger partial charge in [-0.1, -0.05) is 65.8 Å². The minimum absolute atomic E-state index is 0.0169. The Morgan fingerprint density at radius 1 is 0.913 bits per heavy atom. The van der Waals surface area contributed by atoms with Crippen LogP contribution < -0.4 is 10.7 Å². The Morgan fingerprint density at radius 2 is 1.54 bits per heavy atom. The van der Waals surface area contributed by atoms with E-state index in [1.165, 1.54) is 5.57 Å². The first-order valence-electron chi connectivity index (χ1n) is 17.2. The van der Waals surface area contributed by atoms with Gasteiger partial charge in [-0.15, -0.1) is 0 Å². The summed E-state index contributed by atoms with van der Waals surface area (Å²) in [5, 5.41) is 7.74. The number of amides is 1. The highest BCUT2D eigenvalue weighted by Crippen LogP contribution is 2.57. The molecule has 4 rings (SSSR count). The third kappa shape index (κ3) is 9.85. The number of fused-ring (bicyclic) bond motifs is 5. The largest absolute Gasteiger partial charge is 0.463 e. The molecule has 0 spiro atoms. The quantitative estimate of drug-likeness (QED) is 0.126. The molecule has 1 aromatic carbocycles. The average Bonchev–Trinajstić information content (AvgIpc) is 3.55. The van der Waals surface area contributed by atoms with E-state index in [0.717, 1.165) is 61.1 Å². The van der Waals surface area contributed by atoms with E-state index in [1.807, 2.05) is 12.1 Å². The lowest BCUT2D eigenvalue weighted by Crippen LogP contribution is -2.42. The number of ether oxygens (including phenoxy) is 1. The Labute approximate surface area is 275 Å². The zero-order valence-electron chi connectivity index (χ0n) is 29.1. The van der Waals surface area contributed by atoms with Crippen molar-refractivity contribution in [3.05, 3.63) is 46.7 Å². The first-order valence-corrected chi connectivity index (χ1v) is 17.2. The maximum atomic E-state index is 13.3. The van der Waals surface area contributed by atoms with Gasteiger partial charge in [0.05, 0.1) is 12.3 Å². The molecule has 2 bridgehead atoms. The number of benzene rings is 1. The predicted octanol–water partition coefficient (Wildman–Crippen LogP) is 6.70. The molecule has 1 amide bonds. The molecule has 2 saturated carbocycles. The molecule has 4 atom stereocenters. The summed E-state index contributed by atoms with van der Waals surface area (Å²) in [6.45, 7) is 15.3. The van der Waals surface area contributed by atoms with Gasteiger partial charge >= 0.3 is 5.97 Å². The molecule has 8 nitrogen and oxygen atoms in total. The third-order valence-electron chi connectivity index (χ3n) is 9.65. The Hall–Kier alpha value is -3.29. The van der Waals surface area contributed by atoms with Gasteiger partial charge in [0.1, 0.15) is 24.6 Å². The van der Waals surface area contributed by atoms with E-state index >= 15 is 0 Å². The molecule has 0 radical (unpaired) electrons. The number of Topliss-reactive ketones (excluding diaryl/α,β-unsaturated/α-hetero) is 2. The lowest BCUT2D eigenvalue weighted by Gasteiger charge is -2.35. The van der Waals surface area contributed by atoms with Gasteiger partial charge in [0.2, 0.25) is 5.91 Å². The van der Waals surface area contributed by atoms with Crippen LogP contribution in [0.25, 0.3) is 0 Å². The van der Waals surface area contributed by atoms with Crippen LogP contribution >= 0.6 is 0 Å². The maximum Gasteiger partial charge on any atom is 0.313 e. The van der Waals surface area contributed by atoms with E-state index < -0.39 is 5.97 Å². The van der Waals surface area contributed by atoms with Crippen LogP contribution in [-0.4, -0.2) is 42.3 Å². The molecule has 0 saturated heterocycles. The number of hydrazone groups is 1. The SMILES string of the molecule is CC1=C2C3CC(C(=O)NCCOC(=O)CC(=O)CCCC(C)(C)C)C(C3)C2C(c2ccc(CC(=O)CCCC(C)(C)C)cc2)=NN1. The van der Waals surface area contributed by atoms with Gasteiger partial charge in [-0.3, -0.25) is 24.6 Å². The summed E-state index contributed by atoms with van der Waals surface area (Å²) in [6, 6.07) is 8.17. The fourth-order valence-electron chi connectivity index (χ4n) is 7.40. The normalized spacial score (nSPS) is 22.2. The van der Waals surface area contributed by atoms with E-state index in [4.69, 9.17) is 9.84 Å². The monoisotopic (exact) mass is 633 g/mol. The van der Waals surface area contributed by atoms with Crippen molar-refractivity contribution >= 4 is 29.2 Å². The second-order valence-corrected chi connectivity index (χ2v) is 16.1. The van der Waals surface area contributed by atoms with E-state index in [1.54, 1.807) is 0 Å². The molecular weight excluding hydrogens is 578 g/mol. The number of allylic oxidation sites excluding steroid dienone is 2. The highest BCUT2D eigenvalue weighted by atomic mass is 16.5. The lowest BCUT2D eigenvalue weighted by molar-refractivity contribution is -0.146. The topological polar surface area (TPSA) is 114 Å². The van der Waals surface area contributed by atoms with Crippen molar-refractivity contribution in [2.24, 2.45) is 39.6 Å². The van der Waals surface area contributed by atoms with Crippen molar-refractivity contribution in [2.45, 2.75) is 113 Å². The zero-order valence-corrected chi connectivity index (χ0v) is 29.1. The van der Waals surface area contributed by atoms with Crippen LogP contribution in [0.15, 0.2) is 40.6 Å². The van der Waals surface area contributed by atoms with Gasteiger partial charge in [0.25, 0.3) is 0 Å². The van der Waals surface area contributed by atoms with Gasteiger partial charge in [-0.2, -0.15) is 5.10 Å². The summed E-state index contributed by atoms with van der Waals surface area (Å²) in [4.78, 5) is 50.1. The number of hydrogen-bond acceptors (Lipinski definition) is 7. The minimum atomic E-state index is -0.535. The number of hydrogen-bond donors (Lipinski definition) is 2. The van der Waals surface area contributed by atoms with Crippen LogP contribution in [-0.2, 0) is 30.3 Å². The molecule has 3 aliphatic rings. The fraction of sp³-hybridized carbons (Fsp3) is 0.658. The fourth-order valence-corrected chi connectivity index (χ4v) is 7.40. The van der Waals surface area contributed by atoms with E-state index in [9.17, 15) is 19.2 Å². The van der Waals surface area contributed by atoms with E-state index in [0.29, 0.717) is 25.2 Å². The summed E-state index contributed by atoms with van der Waals surface area (Å²) >= 11 is 0. The van der Waals surface area contributed by atoms with E-state index in [-0.39, 0.29) is 65.6 Å². The van der Waals surface area contributed by atoms with Crippen LogP contribution in [0.4, 0.5) is 0 Å². The second kappa shape index (κ2) is 15.1. The molecule has 8 heteroatoms. The first-order chi connectivity index (χ1) is 21.6. The molecular formula is C38H55N3O5. The minimum Gasteiger partial charge on any atom is -0.463 e. The summed E-state index contributed by atoms with van der Waals surface area (Å²) in [5.41, 5.74) is 9.06. The van der Waals surface area contributed by atoms with Gasteiger partial charge in [0, 0.05) is 36.8 Å². The number of nitrogens with one attached hydrogen (secondary N) is 2. The standard InChI is InChI=1S/C38H55N3O5/c1-24-33-27-21-30(31(22-27)36(45)39-18-19-46-32(44)23-29(43)11-9-17-38(5,6)7)34(33)35(41-40-24)26-14-12-25(13-15-26)20-28(42)10-8-16-37(2,3)4/h12-15,27,30-31,34,40H,8-11,16-23H2,1-7H3,(H,39,45). The Bertz CT molecular complexity index is 1350. The van der Waals surface area contributed by atoms with Gasteiger partial charge in [-0.05, 0) is 84.8 Å². The number of rotatable bonds is 15. The molecule has 2 fully saturated rings. The predicted molar refractivity (Wildman–Crippen MR) is 181 cm³/mol. The van der Waals surface area contributed by atoms with Crippen molar-refractivity contribution in [1.29, 1.82) is 0 Å². The molecule has 1 aliphatic heterocycles. The summed E-state index contributed by atoms with van der Waals surface area (Å²) in [6.07, 6.45) is 6.61. The van der Waals surface area contributed by atoms with Gasteiger partial charge < -0.3 is 10.1 Å². The number of ketones is 2. The van der Waals surface area contributed by atoms with Crippen molar-refractivity contribution in [1.82, 2.24) is 10.7 Å². The molecule has 4 unspecified atom stereocenters. The Balaban J connectivity index is 1.27. The van der Waals surface area contributed by atoms with Crippen LogP contribution in [0.1, 0.15) is 117 Å². The zero-order chi connectivity index (χ0) is 33.6. The average molecular weight is 634 g/mol. The van der Waals surface area contributed by atoms with Gasteiger partial charge in [0.15, 0.2) is 0 Å².